The highest BCUT2D eigenvalue weighted by atomic mass is 32.1. The van der Waals surface area contributed by atoms with Crippen LogP contribution in [0.25, 0.3) is 22.0 Å². The molecule has 0 radical (unpaired) electrons. The molecule has 0 aliphatic heterocycles. The summed E-state index contributed by atoms with van der Waals surface area (Å²) in [7, 11) is 0. The van der Waals surface area contributed by atoms with Gasteiger partial charge in [0.05, 0.1) is 17.1 Å². The first-order valence-electron chi connectivity index (χ1n) is 8.74. The van der Waals surface area contributed by atoms with Crippen LogP contribution < -0.4 is 5.32 Å². The minimum Gasteiger partial charge on any atom is -0.297 e. The molecule has 0 atom stereocenters. The quantitative estimate of drug-likeness (QED) is 0.485. The van der Waals surface area contributed by atoms with Gasteiger partial charge in [-0.1, -0.05) is 23.8 Å². The van der Waals surface area contributed by atoms with E-state index in [2.05, 4.69) is 52.3 Å². The van der Waals surface area contributed by atoms with Gasteiger partial charge in [-0.2, -0.15) is 0 Å². The van der Waals surface area contributed by atoms with Crippen LogP contribution in [0.4, 0.5) is 5.13 Å². The number of nitrogens with one attached hydrogen (secondary N) is 1. The highest BCUT2D eigenvalue weighted by molar-refractivity contribution is 7.17. The summed E-state index contributed by atoms with van der Waals surface area (Å²) in [5.41, 5.74) is 5.75. The first kappa shape index (κ1) is 18.5. The lowest BCUT2D eigenvalue weighted by molar-refractivity contribution is 0.103. The number of aryl methyl sites for hydroxylation is 3. The van der Waals surface area contributed by atoms with Crippen LogP contribution in [0.1, 0.15) is 26.5 Å². The Labute approximate surface area is 171 Å². The van der Waals surface area contributed by atoms with Crippen LogP contribution in [0.2, 0.25) is 0 Å². The van der Waals surface area contributed by atoms with E-state index in [1.54, 1.807) is 6.20 Å². The predicted octanol–water partition coefficient (Wildman–Crippen LogP) is 5.51. The summed E-state index contributed by atoms with van der Waals surface area (Å²) in [4.78, 5) is 26.7. The second-order valence-electron chi connectivity index (χ2n) is 6.46. The Bertz CT molecular complexity index is 1150. The van der Waals surface area contributed by atoms with E-state index in [9.17, 15) is 4.79 Å². The molecule has 28 heavy (non-hydrogen) atoms. The molecule has 4 rings (SSSR count). The van der Waals surface area contributed by atoms with Crippen LogP contribution in [0.15, 0.2) is 48.0 Å². The summed E-state index contributed by atoms with van der Waals surface area (Å²) in [6.45, 7) is 5.96. The number of hydrogen-bond acceptors (Lipinski definition) is 6. The number of pyridine rings is 1. The maximum Gasteiger partial charge on any atom is 0.269 e. The van der Waals surface area contributed by atoms with Crippen LogP contribution in [0.5, 0.6) is 0 Å². The lowest BCUT2D eigenvalue weighted by atomic mass is 10.0. The molecule has 3 heterocycles. The Morgan fingerprint density at radius 1 is 1.04 bits per heavy atom. The highest BCUT2D eigenvalue weighted by Crippen LogP contribution is 2.30. The molecule has 5 nitrogen and oxygen atoms in total. The van der Waals surface area contributed by atoms with E-state index in [1.807, 2.05) is 30.5 Å². The number of rotatable bonds is 4. The molecule has 0 saturated heterocycles. The predicted molar refractivity (Wildman–Crippen MR) is 115 cm³/mol. The number of anilines is 1. The Balaban J connectivity index is 1.56. The molecule has 1 aromatic carbocycles. The molecule has 3 aromatic heterocycles. The second kappa shape index (κ2) is 7.61. The number of thiazole rings is 2. The fourth-order valence-corrected chi connectivity index (χ4v) is 4.47. The van der Waals surface area contributed by atoms with Crippen LogP contribution >= 0.6 is 22.7 Å². The summed E-state index contributed by atoms with van der Waals surface area (Å²) in [6, 6.07) is 11.9. The van der Waals surface area contributed by atoms with Crippen molar-refractivity contribution in [2.24, 2.45) is 0 Å². The zero-order chi connectivity index (χ0) is 19.7. The zero-order valence-corrected chi connectivity index (χ0v) is 17.3. The van der Waals surface area contributed by atoms with Gasteiger partial charge in [-0.3, -0.25) is 15.1 Å². The zero-order valence-electron chi connectivity index (χ0n) is 15.7. The molecule has 0 fully saturated rings. The van der Waals surface area contributed by atoms with Crippen molar-refractivity contribution in [3.63, 3.8) is 0 Å². The summed E-state index contributed by atoms with van der Waals surface area (Å²) in [5, 5.41) is 6.19. The van der Waals surface area contributed by atoms with E-state index >= 15 is 0 Å². The molecular formula is C21H18N4OS2. The average molecular weight is 407 g/mol. The first-order chi connectivity index (χ1) is 13.5. The van der Waals surface area contributed by atoms with Crippen LogP contribution in [0.3, 0.4) is 0 Å². The molecule has 7 heteroatoms. The molecule has 0 bridgehead atoms. The Morgan fingerprint density at radius 3 is 2.68 bits per heavy atom. The van der Waals surface area contributed by atoms with Gasteiger partial charge in [0.1, 0.15) is 9.88 Å². The van der Waals surface area contributed by atoms with E-state index in [1.165, 1.54) is 28.2 Å². The van der Waals surface area contributed by atoms with Gasteiger partial charge in [-0.15, -0.1) is 22.7 Å². The lowest BCUT2D eigenvalue weighted by Gasteiger charge is -2.04. The number of carbonyl (C=O) groups is 1. The fourth-order valence-electron chi connectivity index (χ4n) is 2.83. The van der Waals surface area contributed by atoms with Gasteiger partial charge in [0.15, 0.2) is 5.13 Å². The monoisotopic (exact) mass is 406 g/mol. The summed E-state index contributed by atoms with van der Waals surface area (Å²) >= 11 is 2.76. The number of benzene rings is 1. The number of aromatic nitrogens is 3. The van der Waals surface area contributed by atoms with Gasteiger partial charge in [0, 0.05) is 17.1 Å². The van der Waals surface area contributed by atoms with E-state index < -0.39 is 0 Å². The molecular weight excluding hydrogens is 388 g/mol. The van der Waals surface area contributed by atoms with E-state index in [4.69, 9.17) is 0 Å². The van der Waals surface area contributed by atoms with Gasteiger partial charge in [-0.25, -0.2) is 9.97 Å². The molecule has 0 saturated carbocycles. The summed E-state index contributed by atoms with van der Waals surface area (Å²) in [5.74, 6) is -0.195. The average Bonchev–Trinajstić information content (AvgIpc) is 3.31. The molecule has 1 N–H and O–H groups in total. The highest BCUT2D eigenvalue weighted by Gasteiger charge is 2.18. The van der Waals surface area contributed by atoms with Crippen molar-refractivity contribution in [1.82, 2.24) is 15.0 Å². The van der Waals surface area contributed by atoms with Gasteiger partial charge in [-0.05, 0) is 44.5 Å². The second-order valence-corrected chi connectivity index (χ2v) is 8.32. The molecule has 140 valence electrons. The van der Waals surface area contributed by atoms with Crippen LogP contribution in [-0.4, -0.2) is 20.9 Å². The molecule has 0 unspecified atom stereocenters. The summed E-state index contributed by atoms with van der Waals surface area (Å²) < 4.78 is 0. The minimum atomic E-state index is -0.195. The maximum atomic E-state index is 12.8. The van der Waals surface area contributed by atoms with Gasteiger partial charge in [0.2, 0.25) is 0 Å². The fraction of sp³-hybridized carbons (Fsp3) is 0.143. The third kappa shape index (κ3) is 3.72. The summed E-state index contributed by atoms with van der Waals surface area (Å²) in [6.07, 6.45) is 1.72. The molecule has 0 spiro atoms. The van der Waals surface area contributed by atoms with Gasteiger partial charge < -0.3 is 0 Å². The number of carbonyl (C=O) groups excluding carboxylic acids is 1. The number of nitrogens with zero attached hydrogens (tertiary/aromatic N) is 3. The third-order valence-electron chi connectivity index (χ3n) is 4.28. The molecule has 0 aliphatic rings. The van der Waals surface area contributed by atoms with Crippen molar-refractivity contribution in [1.29, 1.82) is 0 Å². The number of amides is 1. The van der Waals surface area contributed by atoms with Crippen molar-refractivity contribution < 1.29 is 4.79 Å². The standard InChI is InChI=1S/C21H18N4OS2/c1-12-7-8-13(2)15(10-12)17-11-27-21(24-17)25-19(26)18-14(3)23-20(28-18)16-6-4-5-9-22-16/h4-11H,1-3H3,(H,24,25,26). The molecule has 4 aromatic rings. The first-order valence-corrected chi connectivity index (χ1v) is 10.4. The van der Waals surface area contributed by atoms with Crippen LogP contribution in [0, 0.1) is 20.8 Å². The van der Waals surface area contributed by atoms with Crippen molar-refractivity contribution in [3.05, 3.63) is 69.7 Å². The van der Waals surface area contributed by atoms with Crippen LogP contribution in [-0.2, 0) is 0 Å². The number of hydrogen-bond donors (Lipinski definition) is 1. The molecule has 0 aliphatic carbocycles. The van der Waals surface area contributed by atoms with Crippen molar-refractivity contribution in [2.75, 3.05) is 5.32 Å². The largest absolute Gasteiger partial charge is 0.297 e. The third-order valence-corrected chi connectivity index (χ3v) is 6.22. The Hall–Kier alpha value is -2.90. The SMILES string of the molecule is Cc1ccc(C)c(-c2csc(NC(=O)c3sc(-c4ccccn4)nc3C)n2)c1. The lowest BCUT2D eigenvalue weighted by Crippen LogP contribution is -2.11. The smallest absolute Gasteiger partial charge is 0.269 e. The van der Waals surface area contributed by atoms with Crippen molar-refractivity contribution >= 4 is 33.7 Å². The Kier molecular flexibility index (Phi) is 5.02. The van der Waals surface area contributed by atoms with Gasteiger partial charge >= 0.3 is 0 Å². The van der Waals surface area contributed by atoms with E-state index in [0.29, 0.717) is 15.7 Å². The maximum absolute atomic E-state index is 12.8. The van der Waals surface area contributed by atoms with Gasteiger partial charge in [0.25, 0.3) is 5.91 Å². The van der Waals surface area contributed by atoms with E-state index in [-0.39, 0.29) is 5.91 Å². The Morgan fingerprint density at radius 2 is 1.89 bits per heavy atom. The topological polar surface area (TPSA) is 67.8 Å². The molecule has 1 amide bonds. The minimum absolute atomic E-state index is 0.195. The normalized spacial score (nSPS) is 10.8. The van der Waals surface area contributed by atoms with Crippen molar-refractivity contribution in [2.45, 2.75) is 20.8 Å². The van der Waals surface area contributed by atoms with Crippen molar-refractivity contribution in [3.8, 4) is 22.0 Å². The van der Waals surface area contributed by atoms with E-state index in [0.717, 1.165) is 27.5 Å².